The fraction of sp³-hybridized carbons (Fsp3) is 0.133. The zero-order chi connectivity index (χ0) is 31.9. The molecule has 6 aromatic rings. The third-order valence-corrected chi connectivity index (χ3v) is 11.2. The summed E-state index contributed by atoms with van der Waals surface area (Å²) in [7, 11) is 0. The van der Waals surface area contributed by atoms with E-state index in [0.29, 0.717) is 27.5 Å². The van der Waals surface area contributed by atoms with Crippen molar-refractivity contribution < 1.29 is 9.59 Å². The molecular weight excluding hydrogens is 697 g/mol. The van der Waals surface area contributed by atoms with Gasteiger partial charge in [-0.05, 0) is 78.0 Å². The Morgan fingerprint density at radius 3 is 1.85 bits per heavy atom. The lowest BCUT2D eigenvalue weighted by Crippen LogP contribution is -2.14. The van der Waals surface area contributed by atoms with Crippen molar-refractivity contribution in [2.24, 2.45) is 0 Å². The van der Waals surface area contributed by atoms with Gasteiger partial charge < -0.3 is 10.6 Å². The van der Waals surface area contributed by atoms with E-state index in [1.54, 1.807) is 0 Å². The number of hydrogen-bond acceptors (Lipinski definition) is 14. The van der Waals surface area contributed by atoms with Crippen LogP contribution in [0.4, 0.5) is 11.4 Å². The number of amides is 2. The van der Waals surface area contributed by atoms with Crippen LogP contribution in [0, 0.1) is 0 Å². The lowest BCUT2D eigenvalue weighted by molar-refractivity contribution is -0.114. The first-order valence-corrected chi connectivity index (χ1v) is 19.5. The number of fused-ring (bicyclic) bond motifs is 1. The number of thioether (sulfide) groups is 4. The van der Waals surface area contributed by atoms with Crippen molar-refractivity contribution in [3.63, 3.8) is 0 Å². The van der Waals surface area contributed by atoms with Crippen LogP contribution in [0.15, 0.2) is 91.8 Å². The molecular formula is C30H24N8O2S6. The van der Waals surface area contributed by atoms with Crippen LogP contribution < -0.4 is 10.6 Å². The number of rotatable bonds is 12. The normalized spacial score (nSPS) is 11.1. The molecule has 0 radical (unpaired) electrons. The summed E-state index contributed by atoms with van der Waals surface area (Å²) in [5.41, 5.74) is 4.56. The molecule has 2 N–H and O–H groups in total. The van der Waals surface area contributed by atoms with Crippen molar-refractivity contribution in [2.45, 2.75) is 19.0 Å². The van der Waals surface area contributed by atoms with Crippen LogP contribution in [0.5, 0.6) is 0 Å². The molecule has 0 unspecified atom stereocenters. The van der Waals surface area contributed by atoms with Gasteiger partial charge in [0.25, 0.3) is 0 Å². The fourth-order valence-electron chi connectivity index (χ4n) is 4.18. The van der Waals surface area contributed by atoms with E-state index in [4.69, 9.17) is 9.97 Å². The van der Waals surface area contributed by atoms with Gasteiger partial charge in [-0.25, -0.2) is 19.9 Å². The van der Waals surface area contributed by atoms with E-state index in [9.17, 15) is 9.59 Å². The van der Waals surface area contributed by atoms with Crippen LogP contribution in [0.3, 0.4) is 0 Å². The summed E-state index contributed by atoms with van der Waals surface area (Å²) in [4.78, 5) is 43.8. The molecule has 3 heterocycles. The van der Waals surface area contributed by atoms with Gasteiger partial charge >= 0.3 is 0 Å². The Hall–Kier alpha value is -3.54. The second-order valence-electron chi connectivity index (χ2n) is 9.34. The molecule has 6 rings (SSSR count). The van der Waals surface area contributed by atoms with Gasteiger partial charge in [0.05, 0.1) is 22.7 Å². The molecule has 2 amide bonds. The van der Waals surface area contributed by atoms with Gasteiger partial charge in [0, 0.05) is 27.9 Å². The average molecular weight is 721 g/mol. The highest BCUT2D eigenvalue weighted by atomic mass is 32.2. The van der Waals surface area contributed by atoms with Crippen molar-refractivity contribution in [3.05, 3.63) is 72.8 Å². The number of nitrogens with one attached hydrogen (secondary N) is 2. The predicted octanol–water partition coefficient (Wildman–Crippen LogP) is 7.57. The van der Waals surface area contributed by atoms with E-state index in [1.807, 2.05) is 85.3 Å². The minimum absolute atomic E-state index is 0.126. The topological polar surface area (TPSA) is 136 Å². The zero-order valence-corrected chi connectivity index (χ0v) is 29.2. The van der Waals surface area contributed by atoms with Crippen LogP contribution in [-0.4, -0.2) is 64.5 Å². The number of benzene rings is 3. The minimum atomic E-state index is -0.139. The van der Waals surface area contributed by atoms with E-state index >= 15 is 0 Å². The SMILES string of the molecule is CSc1nsc(SCC(=O)Nc2ccc(-c3nc(-c4ccccc4)c4cc(NC(=O)CSc5nc(SC)ns5)ccc4n3)cc2)n1. The minimum Gasteiger partial charge on any atom is -0.325 e. The van der Waals surface area contributed by atoms with Crippen LogP contribution in [0.2, 0.25) is 0 Å². The number of carbonyl (C=O) groups is 2. The van der Waals surface area contributed by atoms with Crippen molar-refractivity contribution >= 4 is 104 Å². The monoisotopic (exact) mass is 720 g/mol. The van der Waals surface area contributed by atoms with E-state index in [0.717, 1.165) is 36.4 Å². The van der Waals surface area contributed by atoms with Crippen molar-refractivity contribution in [2.75, 3.05) is 34.7 Å². The zero-order valence-electron chi connectivity index (χ0n) is 24.3. The number of carbonyl (C=O) groups excluding carboxylic acids is 2. The number of hydrogen-bond donors (Lipinski definition) is 2. The van der Waals surface area contributed by atoms with E-state index in [2.05, 4.69) is 29.3 Å². The lowest BCUT2D eigenvalue weighted by atomic mass is 10.0. The van der Waals surface area contributed by atoms with Crippen molar-refractivity contribution in [1.82, 2.24) is 28.7 Å². The first kappa shape index (κ1) is 32.4. The lowest BCUT2D eigenvalue weighted by Gasteiger charge is -2.12. The molecule has 46 heavy (non-hydrogen) atoms. The van der Waals surface area contributed by atoms with Gasteiger partial charge in [-0.1, -0.05) is 77.4 Å². The first-order valence-electron chi connectivity index (χ1n) is 13.6. The van der Waals surface area contributed by atoms with Crippen LogP contribution in [0.25, 0.3) is 33.5 Å². The molecule has 0 spiro atoms. The maximum absolute atomic E-state index is 12.8. The van der Waals surface area contributed by atoms with Crippen molar-refractivity contribution in [1.29, 1.82) is 0 Å². The highest BCUT2D eigenvalue weighted by Gasteiger charge is 2.15. The molecule has 16 heteroatoms. The summed E-state index contributed by atoms with van der Waals surface area (Å²) in [6.07, 6.45) is 3.84. The van der Waals surface area contributed by atoms with Gasteiger partial charge in [-0.2, -0.15) is 8.75 Å². The predicted molar refractivity (Wildman–Crippen MR) is 192 cm³/mol. The van der Waals surface area contributed by atoms with Crippen molar-refractivity contribution in [3.8, 4) is 22.6 Å². The van der Waals surface area contributed by atoms with Gasteiger partial charge in [0.15, 0.2) is 14.5 Å². The van der Waals surface area contributed by atoms with Crippen LogP contribution >= 0.6 is 70.1 Å². The third-order valence-electron chi connectivity index (χ3n) is 6.25. The second-order valence-corrected chi connectivity index (χ2v) is 14.8. The number of nitrogens with zero attached hydrogens (tertiary/aromatic N) is 6. The molecule has 0 saturated heterocycles. The summed E-state index contributed by atoms with van der Waals surface area (Å²) in [6, 6.07) is 23.0. The van der Waals surface area contributed by atoms with Gasteiger partial charge in [0.1, 0.15) is 0 Å². The molecule has 10 nitrogen and oxygen atoms in total. The smallest absolute Gasteiger partial charge is 0.234 e. The summed E-state index contributed by atoms with van der Waals surface area (Å²) in [5, 5.41) is 8.15. The van der Waals surface area contributed by atoms with Gasteiger partial charge in [0.2, 0.25) is 22.1 Å². The molecule has 0 saturated carbocycles. The quantitative estimate of drug-likeness (QED) is 0.121. The molecule has 3 aromatic heterocycles. The molecule has 232 valence electrons. The third kappa shape index (κ3) is 8.24. The Morgan fingerprint density at radius 1 is 0.674 bits per heavy atom. The number of aromatic nitrogens is 6. The molecule has 0 bridgehead atoms. The maximum Gasteiger partial charge on any atom is 0.234 e. The van der Waals surface area contributed by atoms with E-state index in [-0.39, 0.29) is 23.3 Å². The summed E-state index contributed by atoms with van der Waals surface area (Å²) < 4.78 is 9.98. The molecule has 0 fully saturated rings. The maximum atomic E-state index is 12.8. The fourth-order valence-corrected chi connectivity index (χ4v) is 8.20. The molecule has 0 aliphatic heterocycles. The molecule has 0 atom stereocenters. The summed E-state index contributed by atoms with van der Waals surface area (Å²) >= 11 is 8.25. The highest BCUT2D eigenvalue weighted by molar-refractivity contribution is 8.02. The van der Waals surface area contributed by atoms with Crippen LogP contribution in [0.1, 0.15) is 0 Å². The average Bonchev–Trinajstić information content (AvgIpc) is 3.76. The first-order chi connectivity index (χ1) is 22.5. The summed E-state index contributed by atoms with van der Waals surface area (Å²) in [5.74, 6) is 0.746. The second kappa shape index (κ2) is 15.4. The summed E-state index contributed by atoms with van der Waals surface area (Å²) in [6.45, 7) is 0. The Balaban J connectivity index is 1.18. The van der Waals surface area contributed by atoms with Gasteiger partial charge in [-0.3, -0.25) is 9.59 Å². The molecule has 3 aromatic carbocycles. The Morgan fingerprint density at radius 2 is 1.26 bits per heavy atom. The Kier molecular flexibility index (Phi) is 10.8. The number of anilines is 2. The largest absolute Gasteiger partial charge is 0.325 e. The van der Waals surface area contributed by atoms with Crippen LogP contribution in [-0.2, 0) is 9.59 Å². The standard InChI is InChI=1S/C30H24N8O2S6/c1-41-27-35-29(45-37-27)43-15-23(39)31-19-10-8-18(9-11-19)26-33-22-13-12-20(14-21(22)25(34-26)17-6-4-3-5-7-17)32-24(40)16-44-30-36-28(42-2)38-46-30/h3-14H,15-16H2,1-2H3,(H,31,39)(H,32,40). The highest BCUT2D eigenvalue weighted by Crippen LogP contribution is 2.32. The molecule has 0 aliphatic carbocycles. The Bertz CT molecular complexity index is 1990. The van der Waals surface area contributed by atoms with Gasteiger partial charge in [-0.15, -0.1) is 0 Å². The van der Waals surface area contributed by atoms with E-state index < -0.39 is 0 Å². The Labute approximate surface area is 289 Å². The molecule has 0 aliphatic rings. The van der Waals surface area contributed by atoms with E-state index in [1.165, 1.54) is 70.1 Å².